The predicted molar refractivity (Wildman–Crippen MR) is 77.9 cm³/mol. The summed E-state index contributed by atoms with van der Waals surface area (Å²) >= 11 is 5.30. The molecule has 2 aromatic carbocycles. The highest BCUT2D eigenvalue weighted by molar-refractivity contribution is 7.71. The van der Waals surface area contributed by atoms with Crippen LogP contribution in [-0.4, -0.2) is 9.55 Å². The molecule has 3 rings (SSSR count). The van der Waals surface area contributed by atoms with Crippen molar-refractivity contribution in [2.45, 2.75) is 6.92 Å². The Hall–Kier alpha value is -2.45. The molecule has 1 heterocycles. The van der Waals surface area contributed by atoms with Crippen molar-refractivity contribution in [3.8, 4) is 11.8 Å². The van der Waals surface area contributed by atoms with Gasteiger partial charge in [-0.3, -0.25) is 4.57 Å². The molecule has 0 saturated heterocycles. The van der Waals surface area contributed by atoms with E-state index in [9.17, 15) is 4.39 Å². The summed E-state index contributed by atoms with van der Waals surface area (Å²) in [5, 5.41) is 9.17. The number of imidazole rings is 1. The molecule has 0 radical (unpaired) electrons. The monoisotopic (exact) mass is 283 g/mol. The van der Waals surface area contributed by atoms with Crippen molar-refractivity contribution in [1.82, 2.24) is 9.55 Å². The summed E-state index contributed by atoms with van der Waals surface area (Å²) in [5.74, 6) is -0.547. The molecule has 0 fully saturated rings. The van der Waals surface area contributed by atoms with E-state index in [0.29, 0.717) is 10.5 Å². The Morgan fingerprint density at radius 2 is 2.10 bits per heavy atom. The Kier molecular flexibility index (Phi) is 2.88. The second-order valence-corrected chi connectivity index (χ2v) is 4.92. The number of aromatic nitrogens is 2. The molecular weight excluding hydrogens is 273 g/mol. The average Bonchev–Trinajstić information content (AvgIpc) is 2.73. The van der Waals surface area contributed by atoms with Gasteiger partial charge in [-0.2, -0.15) is 5.26 Å². The summed E-state index contributed by atoms with van der Waals surface area (Å²) in [4.78, 5) is 3.07. The van der Waals surface area contributed by atoms with Gasteiger partial charge in [0.25, 0.3) is 0 Å². The minimum Gasteiger partial charge on any atom is -0.330 e. The summed E-state index contributed by atoms with van der Waals surface area (Å²) < 4.78 is 15.9. The molecule has 0 atom stereocenters. The van der Waals surface area contributed by atoms with Crippen molar-refractivity contribution in [2.75, 3.05) is 0 Å². The van der Waals surface area contributed by atoms with Crippen LogP contribution in [0.5, 0.6) is 0 Å². The van der Waals surface area contributed by atoms with Gasteiger partial charge in [0.15, 0.2) is 4.77 Å². The van der Waals surface area contributed by atoms with Gasteiger partial charge in [-0.05, 0) is 49.0 Å². The molecule has 0 aliphatic carbocycles. The normalized spacial score (nSPS) is 10.7. The maximum absolute atomic E-state index is 13.8. The minimum atomic E-state index is -0.547. The number of aromatic amines is 1. The third-order valence-electron chi connectivity index (χ3n) is 3.18. The smallest absolute Gasteiger partial charge is 0.182 e. The number of hydrogen-bond donors (Lipinski definition) is 1. The van der Waals surface area contributed by atoms with Crippen LogP contribution in [0.2, 0.25) is 0 Å². The highest BCUT2D eigenvalue weighted by atomic mass is 32.1. The van der Waals surface area contributed by atoms with Gasteiger partial charge >= 0.3 is 0 Å². The van der Waals surface area contributed by atoms with Crippen molar-refractivity contribution >= 4 is 23.3 Å². The van der Waals surface area contributed by atoms with E-state index >= 15 is 0 Å². The van der Waals surface area contributed by atoms with Crippen LogP contribution in [0, 0.1) is 28.8 Å². The van der Waals surface area contributed by atoms with Crippen LogP contribution < -0.4 is 0 Å². The van der Waals surface area contributed by atoms with Crippen LogP contribution in [-0.2, 0) is 0 Å². The van der Waals surface area contributed by atoms with Gasteiger partial charge in [0.05, 0.1) is 16.7 Å². The van der Waals surface area contributed by atoms with E-state index in [0.717, 1.165) is 16.6 Å². The second-order valence-electron chi connectivity index (χ2n) is 4.53. The summed E-state index contributed by atoms with van der Waals surface area (Å²) in [7, 11) is 0. The summed E-state index contributed by atoms with van der Waals surface area (Å²) in [6.07, 6.45) is 0. The van der Waals surface area contributed by atoms with Gasteiger partial charge in [0.1, 0.15) is 17.4 Å². The van der Waals surface area contributed by atoms with Crippen molar-refractivity contribution in [2.24, 2.45) is 0 Å². The first-order valence-electron chi connectivity index (χ1n) is 6.02. The first-order valence-corrected chi connectivity index (χ1v) is 6.43. The molecule has 1 N–H and O–H groups in total. The van der Waals surface area contributed by atoms with E-state index in [2.05, 4.69) is 4.98 Å². The Labute approximate surface area is 119 Å². The van der Waals surface area contributed by atoms with Crippen LogP contribution >= 0.6 is 12.2 Å². The zero-order valence-electron chi connectivity index (χ0n) is 10.6. The molecule has 0 aliphatic rings. The lowest BCUT2D eigenvalue weighted by atomic mass is 10.1. The molecule has 3 aromatic rings. The molecule has 1 aromatic heterocycles. The molecule has 0 unspecified atom stereocenters. The van der Waals surface area contributed by atoms with Gasteiger partial charge in [-0.15, -0.1) is 0 Å². The van der Waals surface area contributed by atoms with Crippen LogP contribution in [0.1, 0.15) is 11.1 Å². The third-order valence-corrected chi connectivity index (χ3v) is 3.47. The third kappa shape index (κ3) is 1.82. The Bertz CT molecular complexity index is 915. The number of H-pyrrole nitrogens is 1. The first kappa shape index (κ1) is 12.6. The molecule has 0 amide bonds. The number of nitrogens with one attached hydrogen (secondary N) is 1. The van der Waals surface area contributed by atoms with Gasteiger partial charge in [-0.25, -0.2) is 4.39 Å². The quantitative estimate of drug-likeness (QED) is 0.686. The van der Waals surface area contributed by atoms with Gasteiger partial charge in [0.2, 0.25) is 0 Å². The number of aryl methyl sites for hydroxylation is 1. The maximum Gasteiger partial charge on any atom is 0.182 e. The molecule has 0 bridgehead atoms. The number of fused-ring (bicyclic) bond motifs is 1. The lowest BCUT2D eigenvalue weighted by Gasteiger charge is -2.07. The van der Waals surface area contributed by atoms with E-state index in [1.54, 1.807) is 16.7 Å². The zero-order chi connectivity index (χ0) is 14.3. The van der Waals surface area contributed by atoms with Crippen LogP contribution in [0.4, 0.5) is 4.39 Å². The molecule has 20 heavy (non-hydrogen) atoms. The number of rotatable bonds is 1. The fourth-order valence-electron chi connectivity index (χ4n) is 2.26. The van der Waals surface area contributed by atoms with Crippen molar-refractivity contribution in [3.05, 3.63) is 58.1 Å². The predicted octanol–water partition coefficient (Wildman–Crippen LogP) is 4.01. The number of hydrogen-bond acceptors (Lipinski definition) is 2. The summed E-state index contributed by atoms with van der Waals surface area (Å²) in [5.41, 5.74) is 3.20. The highest BCUT2D eigenvalue weighted by Gasteiger charge is 2.13. The van der Waals surface area contributed by atoms with Gasteiger partial charge in [-0.1, -0.05) is 12.1 Å². The molecular formula is C15H10FN3S. The van der Waals surface area contributed by atoms with Crippen molar-refractivity contribution in [1.29, 1.82) is 5.26 Å². The number of halogens is 1. The first-order chi connectivity index (χ1) is 9.61. The van der Waals surface area contributed by atoms with Crippen LogP contribution in [0.25, 0.3) is 16.7 Å². The Balaban J connectivity index is 2.45. The van der Waals surface area contributed by atoms with E-state index in [1.165, 1.54) is 6.07 Å². The number of nitriles is 1. The largest absolute Gasteiger partial charge is 0.330 e. The molecule has 3 nitrogen and oxygen atoms in total. The molecule has 0 saturated carbocycles. The summed E-state index contributed by atoms with van der Waals surface area (Å²) in [6.45, 7) is 1.97. The highest BCUT2D eigenvalue weighted by Crippen LogP contribution is 2.24. The van der Waals surface area contributed by atoms with Crippen LogP contribution in [0.3, 0.4) is 0 Å². The Morgan fingerprint density at radius 1 is 1.30 bits per heavy atom. The van der Waals surface area contributed by atoms with Gasteiger partial charge < -0.3 is 4.98 Å². The molecule has 0 aliphatic heterocycles. The topological polar surface area (TPSA) is 44.5 Å². The summed E-state index contributed by atoms with van der Waals surface area (Å²) in [6, 6.07) is 12.3. The minimum absolute atomic E-state index is 0.00833. The SMILES string of the molecule is Cc1ccc2[nH]c(=S)n(-c3cccc(F)c3C#N)c2c1. The standard InChI is InChI=1S/C15H10FN3S/c1-9-5-6-12-14(7-9)19(15(20)18-12)13-4-2-3-11(16)10(13)8-17/h2-7H,1H3,(H,18,20). The lowest BCUT2D eigenvalue weighted by molar-refractivity contribution is 0.622. The number of nitrogens with zero attached hydrogens (tertiary/aromatic N) is 2. The molecule has 5 heteroatoms. The average molecular weight is 283 g/mol. The fourth-order valence-corrected chi connectivity index (χ4v) is 2.57. The lowest BCUT2D eigenvalue weighted by Crippen LogP contribution is -1.99. The molecule has 98 valence electrons. The fraction of sp³-hybridized carbons (Fsp3) is 0.0667. The van der Waals surface area contributed by atoms with Crippen molar-refractivity contribution in [3.63, 3.8) is 0 Å². The van der Waals surface area contributed by atoms with Crippen LogP contribution in [0.15, 0.2) is 36.4 Å². The van der Waals surface area contributed by atoms with Gasteiger partial charge in [0, 0.05) is 0 Å². The van der Waals surface area contributed by atoms with E-state index in [1.807, 2.05) is 31.2 Å². The van der Waals surface area contributed by atoms with E-state index < -0.39 is 5.82 Å². The van der Waals surface area contributed by atoms with Crippen molar-refractivity contribution < 1.29 is 4.39 Å². The Morgan fingerprint density at radius 3 is 2.85 bits per heavy atom. The zero-order valence-corrected chi connectivity index (χ0v) is 11.5. The second kappa shape index (κ2) is 4.58. The number of benzene rings is 2. The van der Waals surface area contributed by atoms with E-state index in [4.69, 9.17) is 17.5 Å². The maximum atomic E-state index is 13.8. The van der Waals surface area contributed by atoms with E-state index in [-0.39, 0.29) is 5.56 Å². The molecule has 0 spiro atoms.